The van der Waals surface area contributed by atoms with Crippen LogP contribution in [-0.2, 0) is 19.1 Å². The quantitative estimate of drug-likeness (QED) is 0.719. The maximum Gasteiger partial charge on any atom is 0.334 e. The lowest BCUT2D eigenvalue weighted by molar-refractivity contribution is -0.151. The number of hydrogen-bond acceptors (Lipinski definition) is 4. The van der Waals surface area contributed by atoms with Crippen LogP contribution in [0.2, 0.25) is 0 Å². The van der Waals surface area contributed by atoms with E-state index in [2.05, 4.69) is 0 Å². The van der Waals surface area contributed by atoms with Crippen LogP contribution in [0.15, 0.2) is 23.3 Å². The second-order valence-corrected chi connectivity index (χ2v) is 5.29. The van der Waals surface area contributed by atoms with Gasteiger partial charge in [-0.25, -0.2) is 9.59 Å². The van der Waals surface area contributed by atoms with Crippen molar-refractivity contribution in [2.24, 2.45) is 11.8 Å². The van der Waals surface area contributed by atoms with Crippen molar-refractivity contribution in [2.75, 3.05) is 0 Å². The van der Waals surface area contributed by atoms with Crippen LogP contribution in [-0.4, -0.2) is 24.1 Å². The van der Waals surface area contributed by atoms with E-state index in [0.717, 1.165) is 0 Å². The maximum atomic E-state index is 11.6. The fourth-order valence-corrected chi connectivity index (χ4v) is 2.12. The van der Waals surface area contributed by atoms with Gasteiger partial charge in [0.25, 0.3) is 0 Å². The van der Waals surface area contributed by atoms with Gasteiger partial charge in [0.1, 0.15) is 0 Å². The predicted molar refractivity (Wildman–Crippen MR) is 65.6 cm³/mol. The van der Waals surface area contributed by atoms with Crippen molar-refractivity contribution in [1.82, 2.24) is 0 Å². The normalized spacial score (nSPS) is 27.4. The summed E-state index contributed by atoms with van der Waals surface area (Å²) < 4.78 is 10.5. The number of carbonyl (C=O) groups is 2. The van der Waals surface area contributed by atoms with Crippen molar-refractivity contribution in [2.45, 2.75) is 39.9 Å². The van der Waals surface area contributed by atoms with E-state index in [-0.39, 0.29) is 23.8 Å². The van der Waals surface area contributed by atoms with Gasteiger partial charge in [-0.2, -0.15) is 0 Å². The molecule has 4 nitrogen and oxygen atoms in total. The van der Waals surface area contributed by atoms with Gasteiger partial charge in [0.05, 0.1) is 0 Å². The van der Waals surface area contributed by atoms with Gasteiger partial charge in [0.15, 0.2) is 12.2 Å². The smallest absolute Gasteiger partial charge is 0.334 e. The molecule has 0 aromatic rings. The van der Waals surface area contributed by atoms with Crippen molar-refractivity contribution >= 4 is 11.9 Å². The molecule has 2 heterocycles. The van der Waals surface area contributed by atoms with Crippen molar-refractivity contribution in [3.8, 4) is 0 Å². The molecule has 0 aromatic carbocycles. The summed E-state index contributed by atoms with van der Waals surface area (Å²) in [5.74, 6) is -0.379. The Labute approximate surface area is 107 Å². The van der Waals surface area contributed by atoms with E-state index < -0.39 is 12.2 Å². The standard InChI is InChI=1S/C14H18O4/c1-7(2)9-5-11(17-13(9)15)12-6-10(8(3)4)14(16)18-12/h5-8,11-12H,1-4H3/t11-,12-/m0/s1. The first-order valence-electron chi connectivity index (χ1n) is 6.25. The van der Waals surface area contributed by atoms with Gasteiger partial charge >= 0.3 is 11.9 Å². The van der Waals surface area contributed by atoms with E-state index in [1.807, 2.05) is 27.7 Å². The largest absolute Gasteiger partial charge is 0.450 e. The number of carbonyl (C=O) groups excluding carboxylic acids is 2. The van der Waals surface area contributed by atoms with Crippen LogP contribution in [0.3, 0.4) is 0 Å². The average molecular weight is 250 g/mol. The van der Waals surface area contributed by atoms with Crippen LogP contribution in [0.5, 0.6) is 0 Å². The maximum absolute atomic E-state index is 11.6. The molecule has 4 heteroatoms. The molecule has 0 saturated heterocycles. The second-order valence-electron chi connectivity index (χ2n) is 5.29. The molecule has 0 aromatic heterocycles. The Kier molecular flexibility index (Phi) is 3.28. The minimum Gasteiger partial charge on any atom is -0.450 e. The molecule has 2 atom stereocenters. The molecule has 0 radical (unpaired) electrons. The van der Waals surface area contributed by atoms with Gasteiger partial charge < -0.3 is 9.47 Å². The fourth-order valence-electron chi connectivity index (χ4n) is 2.12. The summed E-state index contributed by atoms with van der Waals surface area (Å²) >= 11 is 0. The molecule has 2 rings (SSSR count). The van der Waals surface area contributed by atoms with Crippen LogP contribution < -0.4 is 0 Å². The lowest BCUT2D eigenvalue weighted by atomic mass is 10.0. The zero-order chi connectivity index (χ0) is 13.4. The number of rotatable bonds is 3. The van der Waals surface area contributed by atoms with Gasteiger partial charge in [-0.3, -0.25) is 0 Å². The molecule has 2 aliphatic heterocycles. The molecule has 0 saturated carbocycles. The summed E-state index contributed by atoms with van der Waals surface area (Å²) in [5, 5.41) is 0. The van der Waals surface area contributed by atoms with Gasteiger partial charge in [0.2, 0.25) is 0 Å². The Balaban J connectivity index is 2.17. The first-order chi connectivity index (χ1) is 8.40. The van der Waals surface area contributed by atoms with Crippen molar-refractivity contribution in [1.29, 1.82) is 0 Å². The molecule has 0 N–H and O–H groups in total. The van der Waals surface area contributed by atoms with E-state index in [9.17, 15) is 9.59 Å². The SMILES string of the molecule is CC(C)C1=C[C@@H]([C@@H]2C=C(C(C)C)C(=O)O2)OC1=O. The van der Waals surface area contributed by atoms with E-state index in [1.54, 1.807) is 12.2 Å². The molecular weight excluding hydrogens is 232 g/mol. The minimum atomic E-state index is -0.477. The topological polar surface area (TPSA) is 52.6 Å². The molecule has 0 unspecified atom stereocenters. The molecule has 0 bridgehead atoms. The highest BCUT2D eigenvalue weighted by atomic mass is 16.6. The highest BCUT2D eigenvalue weighted by molar-refractivity contribution is 5.93. The number of esters is 2. The van der Waals surface area contributed by atoms with Crippen LogP contribution in [0.25, 0.3) is 0 Å². The lowest BCUT2D eigenvalue weighted by Crippen LogP contribution is -2.25. The molecule has 18 heavy (non-hydrogen) atoms. The van der Waals surface area contributed by atoms with Crippen LogP contribution in [0.1, 0.15) is 27.7 Å². The van der Waals surface area contributed by atoms with Crippen molar-refractivity contribution in [3.05, 3.63) is 23.3 Å². The molecule has 98 valence electrons. The third-order valence-electron chi connectivity index (χ3n) is 3.21. The van der Waals surface area contributed by atoms with Gasteiger partial charge in [-0.05, 0) is 24.0 Å². The Morgan fingerprint density at radius 2 is 1.17 bits per heavy atom. The second kappa shape index (κ2) is 4.59. The number of hydrogen-bond donors (Lipinski definition) is 0. The Hall–Kier alpha value is -1.58. The third kappa shape index (κ3) is 2.19. The van der Waals surface area contributed by atoms with Crippen LogP contribution >= 0.6 is 0 Å². The lowest BCUT2D eigenvalue weighted by Gasteiger charge is -2.13. The van der Waals surface area contributed by atoms with Gasteiger partial charge in [-0.1, -0.05) is 27.7 Å². The molecule has 2 aliphatic rings. The molecule has 0 amide bonds. The monoisotopic (exact) mass is 250 g/mol. The Bertz CT molecular complexity index is 401. The van der Waals surface area contributed by atoms with Crippen molar-refractivity contribution < 1.29 is 19.1 Å². The number of ether oxygens (including phenoxy) is 2. The first kappa shape index (κ1) is 12.9. The third-order valence-corrected chi connectivity index (χ3v) is 3.21. The van der Waals surface area contributed by atoms with Gasteiger partial charge in [0, 0.05) is 11.1 Å². The van der Waals surface area contributed by atoms with E-state index in [0.29, 0.717) is 11.1 Å². The summed E-state index contributed by atoms with van der Waals surface area (Å²) in [7, 11) is 0. The van der Waals surface area contributed by atoms with Crippen LogP contribution in [0.4, 0.5) is 0 Å². The van der Waals surface area contributed by atoms with Crippen LogP contribution in [0, 0.1) is 11.8 Å². The zero-order valence-electron chi connectivity index (χ0n) is 11.1. The average Bonchev–Trinajstić information content (AvgIpc) is 2.81. The Morgan fingerprint density at radius 3 is 1.39 bits per heavy atom. The summed E-state index contributed by atoms with van der Waals surface area (Å²) in [4.78, 5) is 23.3. The van der Waals surface area contributed by atoms with Gasteiger partial charge in [-0.15, -0.1) is 0 Å². The van der Waals surface area contributed by atoms with E-state index >= 15 is 0 Å². The molecule has 0 spiro atoms. The van der Waals surface area contributed by atoms with Crippen molar-refractivity contribution in [3.63, 3.8) is 0 Å². The summed E-state index contributed by atoms with van der Waals surface area (Å²) in [6.07, 6.45) is 2.58. The molecular formula is C14H18O4. The highest BCUT2D eigenvalue weighted by Gasteiger charge is 2.38. The first-order valence-corrected chi connectivity index (χ1v) is 6.25. The fraction of sp³-hybridized carbons (Fsp3) is 0.571. The summed E-state index contributed by atoms with van der Waals surface area (Å²) in [5.41, 5.74) is 1.31. The van der Waals surface area contributed by atoms with E-state index in [1.165, 1.54) is 0 Å². The van der Waals surface area contributed by atoms with E-state index in [4.69, 9.17) is 9.47 Å². The molecule has 0 fully saturated rings. The minimum absolute atomic E-state index is 0.119. The zero-order valence-corrected chi connectivity index (χ0v) is 11.1. The highest BCUT2D eigenvalue weighted by Crippen LogP contribution is 2.29. The Morgan fingerprint density at radius 1 is 0.833 bits per heavy atom. The summed E-state index contributed by atoms with van der Waals surface area (Å²) in [6.45, 7) is 7.74. The molecule has 0 aliphatic carbocycles. The predicted octanol–water partition coefficient (Wildman–Crippen LogP) is 2.00. The summed E-state index contributed by atoms with van der Waals surface area (Å²) in [6, 6.07) is 0. The number of cyclic esters (lactones) is 2.